The topological polar surface area (TPSA) is 37.3 Å². The molecule has 16 heavy (non-hydrogen) atoms. The summed E-state index contributed by atoms with van der Waals surface area (Å²) in [6, 6.07) is 2.87. The average Bonchev–Trinajstić information content (AvgIpc) is 2.24. The fraction of sp³-hybridized carbons (Fsp3) is 0.182. The average molecular weight is 230 g/mol. The third kappa shape index (κ3) is 2.93. The quantitative estimate of drug-likeness (QED) is 0.810. The van der Waals surface area contributed by atoms with E-state index in [2.05, 4.69) is 0 Å². The highest BCUT2D eigenvalue weighted by Gasteiger charge is 2.30. The molecule has 86 valence electrons. The van der Waals surface area contributed by atoms with Crippen LogP contribution in [0.2, 0.25) is 0 Å². The van der Waals surface area contributed by atoms with Crippen LogP contribution < -0.4 is 0 Å². The van der Waals surface area contributed by atoms with Crippen molar-refractivity contribution in [2.24, 2.45) is 0 Å². The smallest absolute Gasteiger partial charge is 0.392 e. The molecule has 5 heteroatoms. The monoisotopic (exact) mass is 230 g/mol. The molecule has 0 amide bonds. The Bertz CT molecular complexity index is 408. The zero-order valence-corrected chi connectivity index (χ0v) is 8.16. The maximum Gasteiger partial charge on any atom is 0.416 e. The number of carbonyl (C=O) groups excluding carboxylic acids is 1. The highest BCUT2D eigenvalue weighted by Crippen LogP contribution is 2.30. The molecule has 1 aromatic carbocycles. The van der Waals surface area contributed by atoms with Crippen molar-refractivity contribution >= 4 is 12.4 Å². The molecule has 0 saturated heterocycles. The lowest BCUT2D eigenvalue weighted by Gasteiger charge is -2.08. The number of aliphatic hydroxyl groups is 1. The molecule has 0 atom stereocenters. The first-order valence-electron chi connectivity index (χ1n) is 4.43. The molecule has 0 aromatic heterocycles. The minimum Gasteiger partial charge on any atom is -0.392 e. The van der Waals surface area contributed by atoms with Gasteiger partial charge in [-0.25, -0.2) is 0 Å². The second-order valence-corrected chi connectivity index (χ2v) is 3.04. The summed E-state index contributed by atoms with van der Waals surface area (Å²) in [5.74, 6) is 0. The van der Waals surface area contributed by atoms with Gasteiger partial charge in [0.15, 0.2) is 6.29 Å². The third-order valence-electron chi connectivity index (χ3n) is 1.94. The van der Waals surface area contributed by atoms with Gasteiger partial charge in [0.05, 0.1) is 12.2 Å². The van der Waals surface area contributed by atoms with Crippen LogP contribution in [0.15, 0.2) is 24.3 Å². The van der Waals surface area contributed by atoms with Crippen LogP contribution in [0.25, 0.3) is 6.08 Å². The van der Waals surface area contributed by atoms with Gasteiger partial charge in [0.2, 0.25) is 0 Å². The molecule has 2 nitrogen and oxygen atoms in total. The Morgan fingerprint density at radius 3 is 2.44 bits per heavy atom. The van der Waals surface area contributed by atoms with Crippen LogP contribution in [0.3, 0.4) is 0 Å². The van der Waals surface area contributed by atoms with Crippen molar-refractivity contribution in [1.29, 1.82) is 0 Å². The number of aliphatic hydroxyl groups excluding tert-OH is 1. The van der Waals surface area contributed by atoms with Gasteiger partial charge >= 0.3 is 6.18 Å². The summed E-state index contributed by atoms with van der Waals surface area (Å²) in [5.41, 5.74) is -0.577. The Balaban J connectivity index is 3.17. The summed E-state index contributed by atoms with van der Waals surface area (Å²) < 4.78 is 36.9. The van der Waals surface area contributed by atoms with E-state index >= 15 is 0 Å². The van der Waals surface area contributed by atoms with Gasteiger partial charge in [0.25, 0.3) is 0 Å². The zero-order chi connectivity index (χ0) is 12.2. The third-order valence-corrected chi connectivity index (χ3v) is 1.94. The Morgan fingerprint density at radius 2 is 1.94 bits per heavy atom. The van der Waals surface area contributed by atoms with E-state index in [1.165, 1.54) is 18.2 Å². The molecule has 0 spiro atoms. The maximum absolute atomic E-state index is 12.3. The predicted molar refractivity (Wildman–Crippen MR) is 53.0 cm³/mol. The minimum absolute atomic E-state index is 0.0560. The lowest BCUT2D eigenvalue weighted by molar-refractivity contribution is -0.137. The number of hydrogen-bond donors (Lipinski definition) is 1. The van der Waals surface area contributed by atoms with E-state index in [1.54, 1.807) is 0 Å². The lowest BCUT2D eigenvalue weighted by Crippen LogP contribution is -2.05. The first-order chi connectivity index (χ1) is 7.49. The number of hydrogen-bond acceptors (Lipinski definition) is 2. The first kappa shape index (κ1) is 12.4. The fourth-order valence-corrected chi connectivity index (χ4v) is 1.18. The van der Waals surface area contributed by atoms with E-state index in [9.17, 15) is 18.0 Å². The van der Waals surface area contributed by atoms with Gasteiger partial charge in [0.1, 0.15) is 0 Å². The van der Waals surface area contributed by atoms with Gasteiger partial charge in [-0.05, 0) is 17.7 Å². The summed E-state index contributed by atoms with van der Waals surface area (Å²) in [5, 5.41) is 8.52. The number of benzene rings is 1. The van der Waals surface area contributed by atoms with E-state index in [4.69, 9.17) is 5.11 Å². The summed E-state index contributed by atoms with van der Waals surface area (Å²) in [6.07, 6.45) is -1.37. The Morgan fingerprint density at radius 1 is 1.25 bits per heavy atom. The number of carbonyl (C=O) groups is 1. The van der Waals surface area contributed by atoms with Gasteiger partial charge in [-0.1, -0.05) is 18.2 Å². The fourth-order valence-electron chi connectivity index (χ4n) is 1.18. The van der Waals surface area contributed by atoms with Gasteiger partial charge in [-0.3, -0.25) is 4.79 Å². The standard InChI is InChI=1S/C11H9F3O2/c12-11(13,14)10-4-3-8(2-1-5-15)9(6-10)7-16/h1-4,6-7,15H,5H2. The van der Waals surface area contributed by atoms with Crippen LogP contribution in [0.4, 0.5) is 13.2 Å². The van der Waals surface area contributed by atoms with Crippen molar-refractivity contribution in [3.63, 3.8) is 0 Å². The van der Waals surface area contributed by atoms with Crippen LogP contribution in [0, 0.1) is 0 Å². The van der Waals surface area contributed by atoms with Crippen molar-refractivity contribution in [3.05, 3.63) is 41.0 Å². The first-order valence-corrected chi connectivity index (χ1v) is 4.43. The molecule has 0 bridgehead atoms. The van der Waals surface area contributed by atoms with Gasteiger partial charge in [0, 0.05) is 5.56 Å². The number of halogens is 3. The second kappa shape index (κ2) is 4.94. The number of rotatable bonds is 3. The summed E-state index contributed by atoms with van der Waals surface area (Å²) in [7, 11) is 0. The number of aldehydes is 1. The molecule has 0 saturated carbocycles. The molecule has 0 unspecified atom stereocenters. The molecule has 1 aromatic rings. The molecule has 0 aliphatic rings. The summed E-state index contributed by atoms with van der Waals surface area (Å²) in [4.78, 5) is 10.6. The predicted octanol–water partition coefficient (Wildman–Crippen LogP) is 2.52. The molecule has 1 N–H and O–H groups in total. The highest BCUT2D eigenvalue weighted by molar-refractivity contribution is 5.82. The van der Waals surface area contributed by atoms with Crippen LogP contribution in [0.5, 0.6) is 0 Å². The van der Waals surface area contributed by atoms with Crippen molar-refractivity contribution in [2.45, 2.75) is 6.18 Å². The minimum atomic E-state index is -4.46. The van der Waals surface area contributed by atoms with Crippen LogP contribution >= 0.6 is 0 Å². The molecular weight excluding hydrogens is 221 g/mol. The zero-order valence-electron chi connectivity index (χ0n) is 8.16. The van der Waals surface area contributed by atoms with E-state index in [0.717, 1.165) is 12.1 Å². The van der Waals surface area contributed by atoms with E-state index in [-0.39, 0.29) is 12.2 Å². The number of alkyl halides is 3. The Labute approximate surface area is 90.0 Å². The van der Waals surface area contributed by atoms with Crippen LogP contribution in [0.1, 0.15) is 21.5 Å². The molecule has 0 fully saturated rings. The SMILES string of the molecule is O=Cc1cc(C(F)(F)F)ccc1C=CCO. The van der Waals surface area contributed by atoms with Gasteiger partial charge < -0.3 is 5.11 Å². The van der Waals surface area contributed by atoms with E-state index in [1.807, 2.05) is 0 Å². The van der Waals surface area contributed by atoms with E-state index < -0.39 is 11.7 Å². The van der Waals surface area contributed by atoms with E-state index in [0.29, 0.717) is 11.8 Å². The van der Waals surface area contributed by atoms with Gasteiger partial charge in [-0.15, -0.1) is 0 Å². The van der Waals surface area contributed by atoms with Crippen molar-refractivity contribution in [1.82, 2.24) is 0 Å². The molecular formula is C11H9F3O2. The van der Waals surface area contributed by atoms with Crippen molar-refractivity contribution in [3.8, 4) is 0 Å². The van der Waals surface area contributed by atoms with Crippen LogP contribution in [-0.2, 0) is 6.18 Å². The molecule has 0 heterocycles. The lowest BCUT2D eigenvalue weighted by atomic mass is 10.0. The molecule has 0 aliphatic carbocycles. The second-order valence-electron chi connectivity index (χ2n) is 3.04. The maximum atomic E-state index is 12.3. The summed E-state index contributed by atoms with van der Waals surface area (Å²) in [6.45, 7) is -0.237. The molecule has 0 radical (unpaired) electrons. The normalized spacial score (nSPS) is 12.0. The molecule has 0 aliphatic heterocycles. The Kier molecular flexibility index (Phi) is 3.84. The molecule has 1 rings (SSSR count). The van der Waals surface area contributed by atoms with Crippen molar-refractivity contribution < 1.29 is 23.1 Å². The Hall–Kier alpha value is -1.62. The van der Waals surface area contributed by atoms with Gasteiger partial charge in [-0.2, -0.15) is 13.2 Å². The van der Waals surface area contributed by atoms with Crippen molar-refractivity contribution in [2.75, 3.05) is 6.61 Å². The summed E-state index contributed by atoms with van der Waals surface area (Å²) >= 11 is 0. The highest BCUT2D eigenvalue weighted by atomic mass is 19.4. The van der Waals surface area contributed by atoms with Crippen LogP contribution in [-0.4, -0.2) is 18.0 Å². The largest absolute Gasteiger partial charge is 0.416 e.